The van der Waals surface area contributed by atoms with Crippen molar-refractivity contribution in [1.82, 2.24) is 4.98 Å². The molecule has 0 atom stereocenters. The van der Waals surface area contributed by atoms with Crippen molar-refractivity contribution in [3.63, 3.8) is 0 Å². The fourth-order valence-electron chi connectivity index (χ4n) is 0.689. The Hall–Kier alpha value is -0.510. The van der Waals surface area contributed by atoms with Gasteiger partial charge in [-0.15, -0.1) is 24.8 Å². The molecule has 0 amide bonds. The van der Waals surface area contributed by atoms with Crippen LogP contribution in [0.3, 0.4) is 0 Å². The van der Waals surface area contributed by atoms with Crippen molar-refractivity contribution >= 4 is 24.8 Å². The standard InChI is InChI=1S/C7H10N2O.2ClH/c1-10-7-4-6(5-8)2-3-9-7;;/h2-4H,5,8H2,1H3;2*1H. The fraction of sp³-hybridized carbons (Fsp3) is 0.286. The second-order valence-electron chi connectivity index (χ2n) is 1.91. The first-order chi connectivity index (χ1) is 4.86. The third-order valence-corrected chi connectivity index (χ3v) is 1.24. The van der Waals surface area contributed by atoms with E-state index in [9.17, 15) is 0 Å². The van der Waals surface area contributed by atoms with Gasteiger partial charge in [0.1, 0.15) is 0 Å². The average molecular weight is 211 g/mol. The van der Waals surface area contributed by atoms with Crippen LogP contribution in [0.1, 0.15) is 5.56 Å². The summed E-state index contributed by atoms with van der Waals surface area (Å²) in [5.41, 5.74) is 6.42. The molecule has 1 aromatic rings. The Balaban J connectivity index is 0. The third kappa shape index (κ3) is 3.76. The number of halogens is 2. The van der Waals surface area contributed by atoms with Gasteiger partial charge in [-0.3, -0.25) is 0 Å². The summed E-state index contributed by atoms with van der Waals surface area (Å²) in [4.78, 5) is 3.93. The molecule has 0 unspecified atom stereocenters. The molecule has 0 aromatic carbocycles. The molecular formula is C7H12Cl2N2O. The largest absolute Gasteiger partial charge is 0.481 e. The fourth-order valence-corrected chi connectivity index (χ4v) is 0.689. The van der Waals surface area contributed by atoms with Gasteiger partial charge >= 0.3 is 0 Å². The molecule has 12 heavy (non-hydrogen) atoms. The normalized spacial score (nSPS) is 7.83. The molecule has 70 valence electrons. The maximum absolute atomic E-state index is 5.39. The van der Waals surface area contributed by atoms with E-state index < -0.39 is 0 Å². The highest BCUT2D eigenvalue weighted by atomic mass is 35.5. The van der Waals surface area contributed by atoms with E-state index in [1.165, 1.54) is 0 Å². The summed E-state index contributed by atoms with van der Waals surface area (Å²) in [6.07, 6.45) is 1.68. The Bertz CT molecular complexity index is 201. The van der Waals surface area contributed by atoms with Crippen LogP contribution in [-0.4, -0.2) is 12.1 Å². The summed E-state index contributed by atoms with van der Waals surface area (Å²) < 4.78 is 4.89. The molecule has 2 N–H and O–H groups in total. The van der Waals surface area contributed by atoms with E-state index in [1.54, 1.807) is 13.3 Å². The molecule has 1 aromatic heterocycles. The number of nitrogens with two attached hydrogens (primary N) is 1. The van der Waals surface area contributed by atoms with Crippen LogP contribution in [0.5, 0.6) is 5.88 Å². The lowest BCUT2D eigenvalue weighted by Gasteiger charge is -1.98. The number of aromatic nitrogens is 1. The van der Waals surface area contributed by atoms with Gasteiger partial charge < -0.3 is 10.5 Å². The smallest absolute Gasteiger partial charge is 0.213 e. The van der Waals surface area contributed by atoms with Gasteiger partial charge in [0, 0.05) is 18.8 Å². The van der Waals surface area contributed by atoms with Crippen molar-refractivity contribution in [1.29, 1.82) is 0 Å². The molecule has 0 radical (unpaired) electrons. The van der Waals surface area contributed by atoms with Crippen molar-refractivity contribution in [3.05, 3.63) is 23.9 Å². The number of ether oxygens (including phenoxy) is 1. The van der Waals surface area contributed by atoms with Gasteiger partial charge in [0.05, 0.1) is 7.11 Å². The summed E-state index contributed by atoms with van der Waals surface area (Å²) in [6, 6.07) is 3.68. The van der Waals surface area contributed by atoms with Crippen molar-refractivity contribution in [2.45, 2.75) is 6.54 Å². The van der Waals surface area contributed by atoms with E-state index in [4.69, 9.17) is 10.5 Å². The molecule has 0 aliphatic rings. The predicted octanol–water partition coefficient (Wildman–Crippen LogP) is 1.39. The Morgan fingerprint density at radius 2 is 2.17 bits per heavy atom. The zero-order chi connectivity index (χ0) is 7.40. The molecule has 5 heteroatoms. The van der Waals surface area contributed by atoms with E-state index in [0.29, 0.717) is 12.4 Å². The van der Waals surface area contributed by atoms with E-state index in [1.807, 2.05) is 12.1 Å². The molecule has 0 bridgehead atoms. The van der Waals surface area contributed by atoms with Gasteiger partial charge in [0.25, 0.3) is 0 Å². The SMILES string of the molecule is COc1cc(CN)ccn1.Cl.Cl. The highest BCUT2D eigenvalue weighted by Crippen LogP contribution is 2.06. The summed E-state index contributed by atoms with van der Waals surface area (Å²) in [6.45, 7) is 0.527. The Morgan fingerprint density at radius 1 is 1.50 bits per heavy atom. The highest BCUT2D eigenvalue weighted by Gasteiger charge is 1.92. The number of methoxy groups -OCH3 is 1. The molecule has 3 nitrogen and oxygen atoms in total. The van der Waals surface area contributed by atoms with Crippen LogP contribution in [0.2, 0.25) is 0 Å². The molecule has 0 aliphatic carbocycles. The minimum atomic E-state index is 0. The van der Waals surface area contributed by atoms with Gasteiger partial charge in [-0.05, 0) is 11.6 Å². The van der Waals surface area contributed by atoms with Crippen LogP contribution in [0.15, 0.2) is 18.3 Å². The number of nitrogens with zero attached hydrogens (tertiary/aromatic N) is 1. The molecule has 0 saturated heterocycles. The Morgan fingerprint density at radius 3 is 2.67 bits per heavy atom. The Kier molecular flexibility index (Phi) is 8.37. The van der Waals surface area contributed by atoms with Crippen molar-refractivity contribution in [3.8, 4) is 5.88 Å². The average Bonchev–Trinajstić information content (AvgIpc) is 2.05. The van der Waals surface area contributed by atoms with Gasteiger partial charge in [-0.2, -0.15) is 0 Å². The molecule has 0 aliphatic heterocycles. The maximum Gasteiger partial charge on any atom is 0.213 e. The number of pyridine rings is 1. The van der Waals surface area contributed by atoms with Gasteiger partial charge in [0.2, 0.25) is 5.88 Å². The van der Waals surface area contributed by atoms with Gasteiger partial charge in [-0.25, -0.2) is 4.98 Å². The zero-order valence-electron chi connectivity index (χ0n) is 6.69. The molecule has 0 saturated carbocycles. The van der Waals surface area contributed by atoms with E-state index in [2.05, 4.69) is 4.98 Å². The molecular weight excluding hydrogens is 199 g/mol. The number of hydrogen-bond acceptors (Lipinski definition) is 3. The summed E-state index contributed by atoms with van der Waals surface area (Å²) in [5.74, 6) is 0.614. The Labute approximate surface area is 84.1 Å². The topological polar surface area (TPSA) is 48.1 Å². The van der Waals surface area contributed by atoms with Gasteiger partial charge in [-0.1, -0.05) is 0 Å². The van der Waals surface area contributed by atoms with Crippen molar-refractivity contribution < 1.29 is 4.74 Å². The van der Waals surface area contributed by atoms with E-state index in [0.717, 1.165) is 5.56 Å². The molecule has 0 fully saturated rings. The second kappa shape index (κ2) is 7.16. The monoisotopic (exact) mass is 210 g/mol. The number of rotatable bonds is 2. The first-order valence-electron chi connectivity index (χ1n) is 3.06. The quantitative estimate of drug-likeness (QED) is 0.804. The van der Waals surface area contributed by atoms with Crippen LogP contribution < -0.4 is 10.5 Å². The van der Waals surface area contributed by atoms with Gasteiger partial charge in [0.15, 0.2) is 0 Å². The highest BCUT2D eigenvalue weighted by molar-refractivity contribution is 5.85. The van der Waals surface area contributed by atoms with Crippen LogP contribution in [0, 0.1) is 0 Å². The zero-order valence-corrected chi connectivity index (χ0v) is 8.32. The number of hydrogen-bond donors (Lipinski definition) is 1. The van der Waals surface area contributed by atoms with Crippen LogP contribution in [-0.2, 0) is 6.54 Å². The lowest BCUT2D eigenvalue weighted by Crippen LogP contribution is -1.97. The summed E-state index contributed by atoms with van der Waals surface area (Å²) >= 11 is 0. The molecule has 0 spiro atoms. The summed E-state index contributed by atoms with van der Waals surface area (Å²) in [5, 5.41) is 0. The first kappa shape index (κ1) is 14.0. The van der Waals surface area contributed by atoms with Crippen molar-refractivity contribution in [2.75, 3.05) is 7.11 Å². The lowest BCUT2D eigenvalue weighted by atomic mass is 10.3. The molecule has 1 rings (SSSR count). The van der Waals surface area contributed by atoms with Crippen molar-refractivity contribution in [2.24, 2.45) is 5.73 Å². The van der Waals surface area contributed by atoms with Crippen LogP contribution in [0.25, 0.3) is 0 Å². The third-order valence-electron chi connectivity index (χ3n) is 1.24. The predicted molar refractivity (Wildman–Crippen MR) is 53.2 cm³/mol. The van der Waals surface area contributed by atoms with E-state index in [-0.39, 0.29) is 24.8 Å². The summed E-state index contributed by atoms with van der Waals surface area (Å²) in [7, 11) is 1.59. The maximum atomic E-state index is 5.39. The van der Waals surface area contributed by atoms with E-state index >= 15 is 0 Å². The minimum absolute atomic E-state index is 0. The minimum Gasteiger partial charge on any atom is -0.481 e. The molecule has 1 heterocycles. The first-order valence-corrected chi connectivity index (χ1v) is 3.06. The van der Waals surface area contributed by atoms with Crippen LogP contribution >= 0.6 is 24.8 Å². The second-order valence-corrected chi connectivity index (χ2v) is 1.91. The lowest BCUT2D eigenvalue weighted by molar-refractivity contribution is 0.397. The van der Waals surface area contributed by atoms with Crippen LogP contribution in [0.4, 0.5) is 0 Å².